The molecule has 1 heterocycles. The molecule has 0 saturated heterocycles. The third kappa shape index (κ3) is 3.78. The number of methoxy groups -OCH3 is 2. The number of benzene rings is 1. The number of carbonyl (C=O) groups is 2. The summed E-state index contributed by atoms with van der Waals surface area (Å²) in [6.07, 6.45) is 0. The van der Waals surface area contributed by atoms with Crippen LogP contribution in [0.5, 0.6) is 0 Å². The smallest absolute Gasteiger partial charge is 0.355 e. The maximum absolute atomic E-state index is 12.2. The third-order valence-corrected chi connectivity index (χ3v) is 4.75. The molecule has 6 nitrogen and oxygen atoms in total. The second kappa shape index (κ2) is 7.78. The van der Waals surface area contributed by atoms with E-state index in [4.69, 9.17) is 14.2 Å². The van der Waals surface area contributed by atoms with Crippen molar-refractivity contribution in [2.75, 3.05) is 32.5 Å². The van der Waals surface area contributed by atoms with Gasteiger partial charge in [0, 0.05) is 13.4 Å². The second-order valence-electron chi connectivity index (χ2n) is 4.43. The van der Waals surface area contributed by atoms with E-state index < -0.39 is 11.9 Å². The summed E-state index contributed by atoms with van der Waals surface area (Å²) in [7, 11) is 2.50. The van der Waals surface area contributed by atoms with E-state index in [9.17, 15) is 9.59 Å². The predicted octanol–water partition coefficient (Wildman–Crippen LogP) is 3.37. The van der Waals surface area contributed by atoms with Gasteiger partial charge in [-0.3, -0.25) is 0 Å². The van der Waals surface area contributed by atoms with Gasteiger partial charge in [-0.15, -0.1) is 0 Å². The zero-order chi connectivity index (χ0) is 17.1. The highest BCUT2D eigenvalue weighted by molar-refractivity contribution is 9.11. The molecule has 1 aliphatic rings. The van der Waals surface area contributed by atoms with Crippen LogP contribution in [0.15, 0.2) is 36.8 Å². The van der Waals surface area contributed by atoms with Crippen LogP contribution in [0.25, 0.3) is 0 Å². The molecule has 0 atom stereocenters. The first-order chi connectivity index (χ1) is 10.9. The van der Waals surface area contributed by atoms with Crippen LogP contribution in [-0.4, -0.2) is 39.5 Å². The van der Waals surface area contributed by atoms with E-state index in [1.54, 1.807) is 4.90 Å². The zero-order valence-electron chi connectivity index (χ0n) is 12.2. The molecule has 124 valence electrons. The first-order valence-corrected chi connectivity index (χ1v) is 8.68. The van der Waals surface area contributed by atoms with E-state index >= 15 is 0 Å². The van der Waals surface area contributed by atoms with E-state index in [1.807, 2.05) is 12.1 Å². The second-order valence-corrected chi connectivity index (χ2v) is 7.06. The summed E-state index contributed by atoms with van der Waals surface area (Å²) >= 11 is 10.3. The normalized spacial score (nSPS) is 14.7. The van der Waals surface area contributed by atoms with E-state index in [2.05, 4.69) is 47.8 Å². The summed E-state index contributed by atoms with van der Waals surface area (Å²) in [6.45, 7) is 0.0587. The molecule has 1 aromatic rings. The lowest BCUT2D eigenvalue weighted by atomic mass is 10.1. The average Bonchev–Trinajstić information content (AvgIpc) is 2.52. The van der Waals surface area contributed by atoms with Crippen LogP contribution >= 0.6 is 47.8 Å². The van der Waals surface area contributed by atoms with Crippen molar-refractivity contribution in [2.24, 2.45) is 0 Å². The van der Waals surface area contributed by atoms with Gasteiger partial charge in [-0.05, 0) is 44.0 Å². The van der Waals surface area contributed by atoms with Crippen molar-refractivity contribution >= 4 is 65.4 Å². The zero-order valence-corrected chi connectivity index (χ0v) is 16.9. The molecule has 0 bridgehead atoms. The van der Waals surface area contributed by atoms with Crippen LogP contribution in [0.3, 0.4) is 0 Å². The summed E-state index contributed by atoms with van der Waals surface area (Å²) in [5.41, 5.74) is 0.830. The standard InChI is InChI=1S/C14H12Br3NO5/c1-21-13(19)8-5-23-6-18(11(8)14(20)22-2)12-9(16)3-7(15)4-10(12)17/h3-4H,5-6H2,1-2H3. The van der Waals surface area contributed by atoms with E-state index in [-0.39, 0.29) is 24.6 Å². The van der Waals surface area contributed by atoms with Crippen molar-refractivity contribution in [3.63, 3.8) is 0 Å². The predicted molar refractivity (Wildman–Crippen MR) is 93.9 cm³/mol. The summed E-state index contributed by atoms with van der Waals surface area (Å²) in [5, 5.41) is 0. The first kappa shape index (κ1) is 18.4. The Bertz CT molecular complexity index is 666. The Hall–Kier alpha value is -0.900. The molecule has 0 aliphatic carbocycles. The lowest BCUT2D eigenvalue weighted by Gasteiger charge is -2.32. The molecule has 0 amide bonds. The van der Waals surface area contributed by atoms with E-state index in [0.717, 1.165) is 4.47 Å². The lowest BCUT2D eigenvalue weighted by molar-refractivity contribution is -0.140. The quantitative estimate of drug-likeness (QED) is 0.578. The molecule has 1 aliphatic heterocycles. The Morgan fingerprint density at radius 2 is 1.65 bits per heavy atom. The largest absolute Gasteiger partial charge is 0.466 e. The van der Waals surface area contributed by atoms with E-state index in [0.29, 0.717) is 14.6 Å². The van der Waals surface area contributed by atoms with Crippen LogP contribution in [0.1, 0.15) is 0 Å². The number of carbonyl (C=O) groups excluding carboxylic acids is 2. The topological polar surface area (TPSA) is 65.1 Å². The van der Waals surface area contributed by atoms with Crippen LogP contribution < -0.4 is 4.90 Å². The van der Waals surface area contributed by atoms with Gasteiger partial charge in [-0.1, -0.05) is 15.9 Å². The van der Waals surface area contributed by atoms with Crippen molar-refractivity contribution in [3.05, 3.63) is 36.8 Å². The number of nitrogens with zero attached hydrogens (tertiary/aromatic N) is 1. The van der Waals surface area contributed by atoms with Gasteiger partial charge >= 0.3 is 11.9 Å². The van der Waals surface area contributed by atoms with Crippen LogP contribution in [-0.2, 0) is 23.8 Å². The van der Waals surface area contributed by atoms with Crippen LogP contribution in [0, 0.1) is 0 Å². The van der Waals surface area contributed by atoms with Gasteiger partial charge in [0.1, 0.15) is 12.4 Å². The minimum Gasteiger partial charge on any atom is -0.466 e. The highest BCUT2D eigenvalue weighted by Crippen LogP contribution is 2.40. The first-order valence-electron chi connectivity index (χ1n) is 6.30. The summed E-state index contributed by atoms with van der Waals surface area (Å²) in [4.78, 5) is 25.8. The maximum atomic E-state index is 12.2. The molecule has 9 heteroatoms. The van der Waals surface area contributed by atoms with Gasteiger partial charge in [-0.2, -0.15) is 0 Å². The van der Waals surface area contributed by atoms with Crippen molar-refractivity contribution in [3.8, 4) is 0 Å². The highest BCUT2D eigenvalue weighted by Gasteiger charge is 2.34. The van der Waals surface area contributed by atoms with Gasteiger partial charge < -0.3 is 19.1 Å². The number of hydrogen-bond donors (Lipinski definition) is 0. The molecular formula is C14H12Br3NO5. The van der Waals surface area contributed by atoms with Crippen molar-refractivity contribution in [2.45, 2.75) is 0 Å². The highest BCUT2D eigenvalue weighted by atomic mass is 79.9. The Morgan fingerprint density at radius 3 is 2.17 bits per heavy atom. The number of ether oxygens (including phenoxy) is 3. The van der Waals surface area contributed by atoms with Gasteiger partial charge in [0.2, 0.25) is 0 Å². The lowest BCUT2D eigenvalue weighted by Crippen LogP contribution is -2.39. The molecule has 23 heavy (non-hydrogen) atoms. The fraction of sp³-hybridized carbons (Fsp3) is 0.286. The molecule has 2 rings (SSSR count). The minimum atomic E-state index is -0.643. The number of esters is 2. The molecule has 0 fully saturated rings. The number of hydrogen-bond acceptors (Lipinski definition) is 6. The summed E-state index contributed by atoms with van der Waals surface area (Å²) in [6, 6.07) is 3.64. The SMILES string of the molecule is COC(=O)C1=C(C(=O)OC)N(c2c(Br)cc(Br)cc2Br)COC1. The molecule has 1 aromatic carbocycles. The molecule has 0 radical (unpaired) electrons. The average molecular weight is 514 g/mol. The van der Waals surface area contributed by atoms with Crippen molar-refractivity contribution < 1.29 is 23.8 Å². The fourth-order valence-electron chi connectivity index (χ4n) is 2.11. The summed E-state index contributed by atoms with van der Waals surface area (Å²) in [5.74, 6) is -1.28. The molecule has 0 spiro atoms. The fourth-order valence-corrected chi connectivity index (χ4v) is 4.80. The van der Waals surface area contributed by atoms with Crippen LogP contribution in [0.4, 0.5) is 5.69 Å². The Kier molecular flexibility index (Phi) is 6.24. The summed E-state index contributed by atoms with van der Waals surface area (Å²) < 4.78 is 17.3. The van der Waals surface area contributed by atoms with Gasteiger partial charge in [0.25, 0.3) is 0 Å². The Labute approximate surface area is 158 Å². The Morgan fingerprint density at radius 1 is 1.09 bits per heavy atom. The van der Waals surface area contributed by atoms with Crippen LogP contribution in [0.2, 0.25) is 0 Å². The number of halogens is 3. The third-order valence-electron chi connectivity index (χ3n) is 3.08. The molecule has 0 unspecified atom stereocenters. The molecule has 0 N–H and O–H groups in total. The van der Waals surface area contributed by atoms with Crippen molar-refractivity contribution in [1.29, 1.82) is 0 Å². The maximum Gasteiger partial charge on any atom is 0.355 e. The number of rotatable bonds is 3. The van der Waals surface area contributed by atoms with Crippen molar-refractivity contribution in [1.82, 2.24) is 0 Å². The van der Waals surface area contributed by atoms with Gasteiger partial charge in [-0.25, -0.2) is 9.59 Å². The molecule has 0 aromatic heterocycles. The Balaban J connectivity index is 2.65. The van der Waals surface area contributed by atoms with Gasteiger partial charge in [0.15, 0.2) is 0 Å². The minimum absolute atomic E-state index is 0.0284. The number of anilines is 1. The monoisotopic (exact) mass is 511 g/mol. The molecule has 0 saturated carbocycles. The molecular weight excluding hydrogens is 502 g/mol. The van der Waals surface area contributed by atoms with Gasteiger partial charge in [0.05, 0.1) is 32.1 Å². The van der Waals surface area contributed by atoms with E-state index in [1.165, 1.54) is 14.2 Å².